The molecule has 0 radical (unpaired) electrons. The molecule has 7 nitrogen and oxygen atoms in total. The summed E-state index contributed by atoms with van der Waals surface area (Å²) in [5.41, 5.74) is 11.7. The van der Waals surface area contributed by atoms with Crippen LogP contribution < -0.4 is 11.5 Å². The van der Waals surface area contributed by atoms with Crippen LogP contribution in [0, 0.1) is 11.3 Å². The van der Waals surface area contributed by atoms with E-state index in [2.05, 4.69) is 0 Å². The highest BCUT2D eigenvalue weighted by molar-refractivity contribution is 7.89. The molecule has 0 aliphatic carbocycles. The number of sulfonamides is 1. The molecule has 1 amide bonds. The van der Waals surface area contributed by atoms with Crippen LogP contribution in [-0.4, -0.2) is 30.9 Å². The third-order valence-corrected chi connectivity index (χ3v) is 3.85. The lowest BCUT2D eigenvalue weighted by molar-refractivity contribution is -0.118. The molecular formula is C11H14N4O3S. The predicted octanol–water partition coefficient (Wildman–Crippen LogP) is -0.591. The van der Waals surface area contributed by atoms with E-state index >= 15 is 0 Å². The van der Waals surface area contributed by atoms with Gasteiger partial charge in [-0.25, -0.2) is 8.42 Å². The van der Waals surface area contributed by atoms with Crippen molar-refractivity contribution in [3.8, 4) is 6.07 Å². The van der Waals surface area contributed by atoms with Gasteiger partial charge in [0.05, 0.1) is 12.6 Å². The van der Waals surface area contributed by atoms with Gasteiger partial charge in [-0.05, 0) is 17.7 Å². The first-order valence-electron chi connectivity index (χ1n) is 5.32. The second-order valence-corrected chi connectivity index (χ2v) is 5.86. The van der Waals surface area contributed by atoms with Gasteiger partial charge in [0.1, 0.15) is 0 Å². The summed E-state index contributed by atoms with van der Waals surface area (Å²) < 4.78 is 24.5. The summed E-state index contributed by atoms with van der Waals surface area (Å²) in [4.78, 5) is 10.9. The van der Waals surface area contributed by atoms with Crippen LogP contribution in [0.25, 0.3) is 0 Å². The number of carbonyl (C=O) groups excluding carboxylic acids is 1. The number of hydrogen-bond donors (Lipinski definition) is 2. The maximum atomic E-state index is 11.8. The summed E-state index contributed by atoms with van der Waals surface area (Å²) in [5.74, 6) is -1.48. The number of nitrogen functional groups attached to an aromatic ring is 1. The van der Waals surface area contributed by atoms with Gasteiger partial charge in [-0.1, -0.05) is 12.1 Å². The number of amides is 1. The van der Waals surface area contributed by atoms with Gasteiger partial charge >= 0.3 is 0 Å². The first kappa shape index (κ1) is 14.9. The lowest BCUT2D eigenvalue weighted by Crippen LogP contribution is -2.39. The van der Waals surface area contributed by atoms with Gasteiger partial charge in [-0.3, -0.25) is 4.79 Å². The molecule has 0 spiro atoms. The molecule has 1 aromatic carbocycles. The molecular weight excluding hydrogens is 268 g/mol. The number of anilines is 1. The normalized spacial score (nSPS) is 11.2. The zero-order chi connectivity index (χ0) is 14.5. The molecule has 0 saturated heterocycles. The molecule has 8 heteroatoms. The Labute approximate surface area is 111 Å². The van der Waals surface area contributed by atoms with Gasteiger partial charge < -0.3 is 11.5 Å². The first-order valence-corrected chi connectivity index (χ1v) is 6.93. The number of nitrogens with two attached hydrogens (primary N) is 2. The summed E-state index contributed by atoms with van der Waals surface area (Å²) >= 11 is 0. The van der Waals surface area contributed by atoms with Crippen LogP contribution in [0.5, 0.6) is 0 Å². The van der Waals surface area contributed by atoms with E-state index < -0.39 is 28.2 Å². The monoisotopic (exact) mass is 282 g/mol. The van der Waals surface area contributed by atoms with Crippen molar-refractivity contribution in [2.45, 2.75) is 6.54 Å². The molecule has 0 saturated carbocycles. The summed E-state index contributed by atoms with van der Waals surface area (Å²) in [5, 5.41) is 8.50. The molecule has 0 aliphatic rings. The summed E-state index contributed by atoms with van der Waals surface area (Å²) in [6, 6.07) is 8.08. The number of nitriles is 1. The third kappa shape index (κ3) is 4.57. The maximum absolute atomic E-state index is 11.8. The van der Waals surface area contributed by atoms with Gasteiger partial charge in [0, 0.05) is 12.2 Å². The Kier molecular flexibility index (Phi) is 4.86. The van der Waals surface area contributed by atoms with Crippen molar-refractivity contribution in [2.24, 2.45) is 5.73 Å². The second kappa shape index (κ2) is 6.17. The largest absolute Gasteiger partial charge is 0.399 e. The fourth-order valence-corrected chi connectivity index (χ4v) is 2.44. The molecule has 0 atom stereocenters. The van der Waals surface area contributed by atoms with Crippen LogP contribution in [-0.2, 0) is 21.4 Å². The van der Waals surface area contributed by atoms with E-state index in [-0.39, 0.29) is 6.54 Å². The van der Waals surface area contributed by atoms with E-state index in [1.807, 2.05) is 0 Å². The molecule has 0 aliphatic heterocycles. The van der Waals surface area contributed by atoms with E-state index in [1.165, 1.54) is 0 Å². The zero-order valence-corrected chi connectivity index (χ0v) is 10.9. The second-order valence-electron chi connectivity index (χ2n) is 3.89. The molecule has 1 aromatic rings. The van der Waals surface area contributed by atoms with E-state index in [4.69, 9.17) is 16.7 Å². The Balaban J connectivity index is 2.96. The highest BCUT2D eigenvalue weighted by atomic mass is 32.2. The van der Waals surface area contributed by atoms with E-state index in [1.54, 1.807) is 30.3 Å². The number of nitrogens with zero attached hydrogens (tertiary/aromatic N) is 2. The van der Waals surface area contributed by atoms with E-state index in [0.717, 1.165) is 4.31 Å². The van der Waals surface area contributed by atoms with Crippen LogP contribution in [0.2, 0.25) is 0 Å². The average Bonchev–Trinajstić information content (AvgIpc) is 2.30. The number of primary amides is 1. The fourth-order valence-electron chi connectivity index (χ4n) is 1.43. The highest BCUT2D eigenvalue weighted by Gasteiger charge is 2.23. The van der Waals surface area contributed by atoms with Gasteiger partial charge in [-0.2, -0.15) is 9.57 Å². The van der Waals surface area contributed by atoms with Gasteiger partial charge in [0.15, 0.2) is 5.75 Å². The molecule has 0 aromatic heterocycles. The van der Waals surface area contributed by atoms with Gasteiger partial charge in [0.2, 0.25) is 15.9 Å². The highest BCUT2D eigenvalue weighted by Crippen LogP contribution is 2.11. The summed E-state index contributed by atoms with van der Waals surface area (Å²) in [6.45, 7) is -0.498. The molecule has 0 bridgehead atoms. The van der Waals surface area contributed by atoms with Crippen molar-refractivity contribution in [3.63, 3.8) is 0 Å². The molecule has 0 heterocycles. The Bertz CT molecular complexity index is 589. The zero-order valence-electron chi connectivity index (χ0n) is 10.1. The minimum atomic E-state index is -3.84. The van der Waals surface area contributed by atoms with Crippen molar-refractivity contribution in [1.82, 2.24) is 4.31 Å². The Hall–Kier alpha value is -2.11. The van der Waals surface area contributed by atoms with Crippen molar-refractivity contribution in [1.29, 1.82) is 5.26 Å². The van der Waals surface area contributed by atoms with Crippen molar-refractivity contribution in [3.05, 3.63) is 29.8 Å². The van der Waals surface area contributed by atoms with Crippen molar-refractivity contribution in [2.75, 3.05) is 18.0 Å². The quantitative estimate of drug-likeness (QED) is 0.673. The van der Waals surface area contributed by atoms with Crippen LogP contribution in [0.15, 0.2) is 24.3 Å². The molecule has 4 N–H and O–H groups in total. The number of benzene rings is 1. The van der Waals surface area contributed by atoms with Gasteiger partial charge in [0.25, 0.3) is 0 Å². The maximum Gasteiger partial charge on any atom is 0.232 e. The molecule has 1 rings (SSSR count). The summed E-state index contributed by atoms with van der Waals surface area (Å²) in [7, 11) is -3.84. The number of hydrogen-bond acceptors (Lipinski definition) is 5. The lowest BCUT2D eigenvalue weighted by Gasteiger charge is -2.19. The molecule has 0 unspecified atom stereocenters. The third-order valence-electron chi connectivity index (χ3n) is 2.31. The molecule has 102 valence electrons. The Morgan fingerprint density at radius 2 is 1.89 bits per heavy atom. The predicted molar refractivity (Wildman–Crippen MR) is 69.9 cm³/mol. The molecule has 19 heavy (non-hydrogen) atoms. The van der Waals surface area contributed by atoms with Crippen LogP contribution >= 0.6 is 0 Å². The number of carbonyl (C=O) groups is 1. The minimum absolute atomic E-state index is 0.0345. The smallest absolute Gasteiger partial charge is 0.232 e. The van der Waals surface area contributed by atoms with Gasteiger partial charge in [-0.15, -0.1) is 0 Å². The van der Waals surface area contributed by atoms with E-state index in [0.29, 0.717) is 11.3 Å². The van der Waals surface area contributed by atoms with E-state index in [9.17, 15) is 13.2 Å². The van der Waals surface area contributed by atoms with Crippen LogP contribution in [0.4, 0.5) is 5.69 Å². The SMILES string of the molecule is N#CCS(=O)(=O)N(CC(N)=O)Cc1ccc(N)cc1. The fraction of sp³-hybridized carbons (Fsp3) is 0.273. The standard InChI is InChI=1S/C11H14N4O3S/c12-5-6-19(17,18)15(8-11(14)16)7-9-1-3-10(13)4-2-9/h1-4H,6-8,13H2,(H2,14,16). The molecule has 0 fully saturated rings. The minimum Gasteiger partial charge on any atom is -0.399 e. The summed E-state index contributed by atoms with van der Waals surface area (Å²) in [6.07, 6.45) is 0. The Morgan fingerprint density at radius 1 is 1.32 bits per heavy atom. The Morgan fingerprint density at radius 3 is 2.37 bits per heavy atom. The number of rotatable bonds is 6. The van der Waals surface area contributed by atoms with Crippen molar-refractivity contribution < 1.29 is 13.2 Å². The topological polar surface area (TPSA) is 130 Å². The average molecular weight is 282 g/mol. The van der Waals surface area contributed by atoms with Crippen LogP contribution in [0.3, 0.4) is 0 Å². The first-order chi connectivity index (χ1) is 8.85. The van der Waals surface area contributed by atoms with Crippen LogP contribution in [0.1, 0.15) is 5.56 Å². The van der Waals surface area contributed by atoms with Crippen molar-refractivity contribution >= 4 is 21.6 Å². The lowest BCUT2D eigenvalue weighted by atomic mass is 10.2.